The lowest BCUT2D eigenvalue weighted by Crippen LogP contribution is -2.48. The number of hydrogen-bond acceptors (Lipinski definition) is 3. The summed E-state index contributed by atoms with van der Waals surface area (Å²) in [6.07, 6.45) is 3.44. The first-order valence-corrected chi connectivity index (χ1v) is 8.21. The van der Waals surface area contributed by atoms with E-state index in [-0.39, 0.29) is 11.6 Å². The van der Waals surface area contributed by atoms with Gasteiger partial charge in [0.15, 0.2) is 0 Å². The van der Waals surface area contributed by atoms with Crippen LogP contribution >= 0.6 is 0 Å². The topological polar surface area (TPSA) is 41.6 Å². The van der Waals surface area contributed by atoms with E-state index in [0.717, 1.165) is 19.4 Å². The zero-order chi connectivity index (χ0) is 16.9. The molecule has 1 amide bonds. The third-order valence-corrected chi connectivity index (χ3v) is 4.05. The zero-order valence-corrected chi connectivity index (χ0v) is 14.5. The number of benzene rings is 1. The summed E-state index contributed by atoms with van der Waals surface area (Å²) < 4.78 is 5.49. The van der Waals surface area contributed by atoms with Crippen molar-refractivity contribution in [1.82, 2.24) is 10.2 Å². The van der Waals surface area contributed by atoms with Crippen molar-refractivity contribution in [2.24, 2.45) is 0 Å². The third kappa shape index (κ3) is 5.10. The fourth-order valence-corrected chi connectivity index (χ4v) is 2.90. The Morgan fingerprint density at radius 2 is 2.09 bits per heavy atom. The second-order valence-corrected chi connectivity index (χ2v) is 7.26. The monoisotopic (exact) mass is 316 g/mol. The van der Waals surface area contributed by atoms with E-state index >= 15 is 0 Å². The molecule has 1 atom stereocenters. The summed E-state index contributed by atoms with van der Waals surface area (Å²) in [6.45, 7) is 11.7. The van der Waals surface area contributed by atoms with Crippen LogP contribution in [0.5, 0.6) is 0 Å². The molecular formula is C19H28N2O2. The highest BCUT2D eigenvalue weighted by atomic mass is 16.6. The molecular weight excluding hydrogens is 288 g/mol. The Hall–Kier alpha value is -1.81. The standard InChI is InChI=1S/C19H28N2O2/c1-5-11-19(20-14-16-9-7-6-8-10-16)12-13-21(15-19)17(22)23-18(2,3)4/h5-10,20H,1,11-15H2,2-4H3/t19-/m1/s1. The van der Waals surface area contributed by atoms with Crippen LogP contribution in [-0.2, 0) is 11.3 Å². The molecule has 0 bridgehead atoms. The Morgan fingerprint density at radius 3 is 2.70 bits per heavy atom. The maximum absolute atomic E-state index is 12.3. The minimum absolute atomic E-state index is 0.117. The maximum Gasteiger partial charge on any atom is 0.410 e. The molecule has 0 aromatic heterocycles. The molecule has 2 rings (SSSR count). The molecule has 0 spiro atoms. The van der Waals surface area contributed by atoms with Gasteiger partial charge in [0.2, 0.25) is 0 Å². The Kier molecular flexibility index (Phi) is 5.47. The second-order valence-electron chi connectivity index (χ2n) is 7.26. The highest BCUT2D eigenvalue weighted by Crippen LogP contribution is 2.27. The Labute approximate surface area is 139 Å². The molecule has 1 saturated heterocycles. The molecule has 4 heteroatoms. The molecule has 1 aliphatic rings. The third-order valence-electron chi connectivity index (χ3n) is 4.05. The maximum atomic E-state index is 12.3. The fraction of sp³-hybridized carbons (Fsp3) is 0.526. The van der Waals surface area contributed by atoms with Crippen LogP contribution in [0, 0.1) is 0 Å². The lowest BCUT2D eigenvalue weighted by Gasteiger charge is -2.30. The predicted molar refractivity (Wildman–Crippen MR) is 93.3 cm³/mol. The van der Waals surface area contributed by atoms with E-state index in [1.165, 1.54) is 5.56 Å². The minimum Gasteiger partial charge on any atom is -0.444 e. The molecule has 1 fully saturated rings. The van der Waals surface area contributed by atoms with Gasteiger partial charge < -0.3 is 15.0 Å². The molecule has 0 aliphatic carbocycles. The number of ether oxygens (including phenoxy) is 1. The Morgan fingerprint density at radius 1 is 1.39 bits per heavy atom. The van der Waals surface area contributed by atoms with Gasteiger partial charge in [-0.05, 0) is 39.2 Å². The molecule has 1 heterocycles. The van der Waals surface area contributed by atoms with Gasteiger partial charge in [0.05, 0.1) is 0 Å². The largest absolute Gasteiger partial charge is 0.444 e. The van der Waals surface area contributed by atoms with Crippen molar-refractivity contribution < 1.29 is 9.53 Å². The molecule has 1 aliphatic heterocycles. The molecule has 0 radical (unpaired) electrons. The molecule has 1 N–H and O–H groups in total. The number of hydrogen-bond donors (Lipinski definition) is 1. The number of carbonyl (C=O) groups excluding carboxylic acids is 1. The summed E-state index contributed by atoms with van der Waals surface area (Å²) >= 11 is 0. The van der Waals surface area contributed by atoms with Gasteiger partial charge in [0, 0.05) is 25.2 Å². The van der Waals surface area contributed by atoms with E-state index < -0.39 is 5.60 Å². The lowest BCUT2D eigenvalue weighted by atomic mass is 9.93. The van der Waals surface area contributed by atoms with E-state index in [9.17, 15) is 4.79 Å². The lowest BCUT2D eigenvalue weighted by molar-refractivity contribution is 0.0280. The van der Waals surface area contributed by atoms with Crippen LogP contribution in [-0.4, -0.2) is 35.2 Å². The second kappa shape index (κ2) is 7.18. The van der Waals surface area contributed by atoms with Crippen LogP contribution in [0.1, 0.15) is 39.2 Å². The van der Waals surface area contributed by atoms with Crippen LogP contribution in [0.4, 0.5) is 4.79 Å². The fourth-order valence-electron chi connectivity index (χ4n) is 2.90. The molecule has 0 unspecified atom stereocenters. The van der Waals surface area contributed by atoms with Gasteiger partial charge in [-0.3, -0.25) is 0 Å². The van der Waals surface area contributed by atoms with E-state index in [1.807, 2.05) is 45.0 Å². The SMILES string of the molecule is C=CC[C@@]1(NCc2ccccc2)CCN(C(=O)OC(C)(C)C)C1. The molecule has 4 nitrogen and oxygen atoms in total. The zero-order valence-electron chi connectivity index (χ0n) is 14.5. The number of likely N-dealkylation sites (tertiary alicyclic amines) is 1. The number of amides is 1. The van der Waals surface area contributed by atoms with Crippen molar-refractivity contribution in [3.8, 4) is 0 Å². The summed E-state index contributed by atoms with van der Waals surface area (Å²) in [6, 6.07) is 10.3. The van der Waals surface area contributed by atoms with Gasteiger partial charge in [0.1, 0.15) is 5.60 Å². The van der Waals surface area contributed by atoms with Crippen LogP contribution < -0.4 is 5.32 Å². The quantitative estimate of drug-likeness (QED) is 0.842. The number of nitrogens with zero attached hydrogens (tertiary/aromatic N) is 1. The number of nitrogens with one attached hydrogen (secondary N) is 1. The highest BCUT2D eigenvalue weighted by molar-refractivity contribution is 5.68. The van der Waals surface area contributed by atoms with Crippen molar-refractivity contribution in [2.45, 2.75) is 51.3 Å². The minimum atomic E-state index is -0.460. The van der Waals surface area contributed by atoms with Crippen LogP contribution in [0.2, 0.25) is 0 Å². The van der Waals surface area contributed by atoms with Crippen molar-refractivity contribution in [3.63, 3.8) is 0 Å². The molecule has 1 aromatic carbocycles. The summed E-state index contributed by atoms with van der Waals surface area (Å²) in [5, 5.41) is 3.64. The van der Waals surface area contributed by atoms with Crippen LogP contribution in [0.3, 0.4) is 0 Å². The van der Waals surface area contributed by atoms with Crippen molar-refractivity contribution >= 4 is 6.09 Å². The predicted octanol–water partition coefficient (Wildman–Crippen LogP) is 3.73. The van der Waals surface area contributed by atoms with Crippen molar-refractivity contribution in [3.05, 3.63) is 48.6 Å². The Balaban J connectivity index is 1.99. The number of carbonyl (C=O) groups is 1. The first kappa shape index (κ1) is 17.5. The average molecular weight is 316 g/mol. The van der Waals surface area contributed by atoms with Gasteiger partial charge in [-0.15, -0.1) is 6.58 Å². The molecule has 126 valence electrons. The van der Waals surface area contributed by atoms with E-state index in [1.54, 1.807) is 4.90 Å². The van der Waals surface area contributed by atoms with Gasteiger partial charge >= 0.3 is 6.09 Å². The Bertz CT molecular complexity index is 536. The van der Waals surface area contributed by atoms with Gasteiger partial charge in [-0.1, -0.05) is 36.4 Å². The smallest absolute Gasteiger partial charge is 0.410 e. The van der Waals surface area contributed by atoms with E-state index in [2.05, 4.69) is 24.0 Å². The first-order valence-electron chi connectivity index (χ1n) is 8.21. The summed E-state index contributed by atoms with van der Waals surface area (Å²) in [5.74, 6) is 0. The summed E-state index contributed by atoms with van der Waals surface area (Å²) in [4.78, 5) is 14.1. The van der Waals surface area contributed by atoms with Gasteiger partial charge in [-0.25, -0.2) is 4.79 Å². The average Bonchev–Trinajstić information content (AvgIpc) is 2.90. The summed E-state index contributed by atoms with van der Waals surface area (Å²) in [5.41, 5.74) is 0.666. The highest BCUT2D eigenvalue weighted by Gasteiger charge is 2.40. The van der Waals surface area contributed by atoms with Gasteiger partial charge in [0.25, 0.3) is 0 Å². The van der Waals surface area contributed by atoms with E-state index in [0.29, 0.717) is 13.1 Å². The van der Waals surface area contributed by atoms with Crippen LogP contribution in [0.25, 0.3) is 0 Å². The van der Waals surface area contributed by atoms with E-state index in [4.69, 9.17) is 4.74 Å². The summed E-state index contributed by atoms with van der Waals surface area (Å²) in [7, 11) is 0. The van der Waals surface area contributed by atoms with Crippen molar-refractivity contribution in [1.29, 1.82) is 0 Å². The van der Waals surface area contributed by atoms with Crippen LogP contribution in [0.15, 0.2) is 43.0 Å². The van der Waals surface area contributed by atoms with Gasteiger partial charge in [-0.2, -0.15) is 0 Å². The molecule has 23 heavy (non-hydrogen) atoms. The first-order chi connectivity index (χ1) is 10.8. The van der Waals surface area contributed by atoms with Crippen molar-refractivity contribution in [2.75, 3.05) is 13.1 Å². The molecule has 0 saturated carbocycles. The molecule has 1 aromatic rings. The number of rotatable bonds is 5. The normalized spacial score (nSPS) is 21.3.